The fourth-order valence-electron chi connectivity index (χ4n) is 2.55. The number of likely N-dealkylation sites (N-methyl/N-ethyl adjacent to an activating group) is 1. The summed E-state index contributed by atoms with van der Waals surface area (Å²) in [5.41, 5.74) is 5.97. The molecule has 2 atom stereocenters. The maximum atomic E-state index is 12.4. The number of amides is 1. The third kappa shape index (κ3) is 3.40. The van der Waals surface area contributed by atoms with Gasteiger partial charge in [0, 0.05) is 12.4 Å². The first-order valence-corrected chi connectivity index (χ1v) is 7.74. The number of thiophene rings is 1. The van der Waals surface area contributed by atoms with Gasteiger partial charge in [0.15, 0.2) is 0 Å². The molecule has 1 saturated carbocycles. The molecule has 4 nitrogen and oxygen atoms in total. The molecule has 1 amide bonds. The first kappa shape index (κ1) is 15.0. The average molecular weight is 292 g/mol. The predicted octanol–water partition coefficient (Wildman–Crippen LogP) is 1.43. The second-order valence-corrected chi connectivity index (χ2v) is 5.95. The Morgan fingerprint density at radius 2 is 2.30 bits per heavy atom. The normalized spacial score (nSPS) is 21.9. The van der Waals surface area contributed by atoms with Crippen LogP contribution in [-0.2, 0) is 0 Å². The number of carbonyl (C=O) groups excluding carboxylic acids is 1. The number of hydrogen-bond donors (Lipinski definition) is 2. The van der Waals surface area contributed by atoms with Gasteiger partial charge in [0.05, 0.1) is 29.1 Å². The molecule has 5 heteroatoms. The predicted molar refractivity (Wildman–Crippen MR) is 80.6 cm³/mol. The van der Waals surface area contributed by atoms with E-state index in [9.17, 15) is 9.90 Å². The fraction of sp³-hybridized carbons (Fsp3) is 0.533. The molecule has 2 rings (SSSR count). The van der Waals surface area contributed by atoms with E-state index >= 15 is 0 Å². The van der Waals surface area contributed by atoms with E-state index in [0.29, 0.717) is 12.1 Å². The molecule has 1 fully saturated rings. The SMILES string of the molecule is CN(C(=O)c1csc(C#CCN)c1)C1CCCCC1O. The van der Waals surface area contributed by atoms with Crippen LogP contribution >= 0.6 is 11.3 Å². The highest BCUT2D eigenvalue weighted by Gasteiger charge is 2.30. The van der Waals surface area contributed by atoms with Crippen molar-refractivity contribution in [1.29, 1.82) is 0 Å². The Morgan fingerprint density at radius 3 is 3.00 bits per heavy atom. The highest BCUT2D eigenvalue weighted by Crippen LogP contribution is 2.24. The fourth-order valence-corrected chi connectivity index (χ4v) is 3.30. The number of aliphatic hydroxyl groups is 1. The second-order valence-electron chi connectivity index (χ2n) is 5.04. The molecule has 108 valence electrons. The molecule has 1 heterocycles. The standard InChI is InChI=1S/C15H20N2O2S/c1-17(13-6-2-3-7-14(13)18)15(19)11-9-12(20-10-11)5-4-8-16/h9-10,13-14,18H,2-3,6-8,16H2,1H3. The van der Waals surface area contributed by atoms with Gasteiger partial charge >= 0.3 is 0 Å². The van der Waals surface area contributed by atoms with E-state index in [2.05, 4.69) is 11.8 Å². The summed E-state index contributed by atoms with van der Waals surface area (Å²) in [5.74, 6) is 5.66. The largest absolute Gasteiger partial charge is 0.391 e. The number of aliphatic hydroxyl groups excluding tert-OH is 1. The molecule has 0 bridgehead atoms. The lowest BCUT2D eigenvalue weighted by Gasteiger charge is -2.35. The molecule has 0 radical (unpaired) electrons. The van der Waals surface area contributed by atoms with Gasteiger partial charge in [-0.15, -0.1) is 11.3 Å². The Bertz CT molecular complexity index is 529. The summed E-state index contributed by atoms with van der Waals surface area (Å²) < 4.78 is 0. The number of rotatable bonds is 2. The number of carbonyl (C=O) groups is 1. The molecule has 1 aromatic heterocycles. The van der Waals surface area contributed by atoms with Crippen molar-refractivity contribution >= 4 is 17.2 Å². The lowest BCUT2D eigenvalue weighted by molar-refractivity contribution is 0.0268. The van der Waals surface area contributed by atoms with Gasteiger partial charge in [0.2, 0.25) is 0 Å². The van der Waals surface area contributed by atoms with Crippen LogP contribution in [0.3, 0.4) is 0 Å². The number of nitrogens with zero attached hydrogens (tertiary/aromatic N) is 1. The van der Waals surface area contributed by atoms with E-state index in [1.54, 1.807) is 18.0 Å². The second kappa shape index (κ2) is 6.89. The van der Waals surface area contributed by atoms with Crippen molar-refractivity contribution in [3.8, 4) is 11.8 Å². The van der Waals surface area contributed by atoms with Gasteiger partial charge in [-0.2, -0.15) is 0 Å². The number of nitrogens with two attached hydrogens (primary N) is 1. The van der Waals surface area contributed by atoms with E-state index in [0.717, 1.165) is 30.6 Å². The molecule has 0 aliphatic heterocycles. The summed E-state index contributed by atoms with van der Waals surface area (Å²) in [4.78, 5) is 14.9. The summed E-state index contributed by atoms with van der Waals surface area (Å²) in [7, 11) is 1.77. The minimum Gasteiger partial charge on any atom is -0.391 e. The molecule has 2 unspecified atom stereocenters. The smallest absolute Gasteiger partial charge is 0.254 e. The van der Waals surface area contributed by atoms with Crippen molar-refractivity contribution in [2.75, 3.05) is 13.6 Å². The summed E-state index contributed by atoms with van der Waals surface area (Å²) in [5, 5.41) is 11.8. The maximum absolute atomic E-state index is 12.4. The van der Waals surface area contributed by atoms with Gasteiger partial charge in [-0.3, -0.25) is 4.79 Å². The van der Waals surface area contributed by atoms with Gasteiger partial charge < -0.3 is 15.7 Å². The molecule has 3 N–H and O–H groups in total. The first-order valence-electron chi connectivity index (χ1n) is 6.86. The van der Waals surface area contributed by atoms with Crippen LogP contribution in [0.25, 0.3) is 0 Å². The summed E-state index contributed by atoms with van der Waals surface area (Å²) in [6.07, 6.45) is 3.34. The van der Waals surface area contributed by atoms with Gasteiger partial charge in [-0.25, -0.2) is 0 Å². The van der Waals surface area contributed by atoms with Gasteiger partial charge in [-0.1, -0.05) is 24.7 Å². The van der Waals surface area contributed by atoms with Gasteiger partial charge in [0.25, 0.3) is 5.91 Å². The Morgan fingerprint density at radius 1 is 1.55 bits per heavy atom. The maximum Gasteiger partial charge on any atom is 0.254 e. The van der Waals surface area contributed by atoms with Crippen molar-refractivity contribution in [2.24, 2.45) is 5.73 Å². The zero-order chi connectivity index (χ0) is 14.5. The van der Waals surface area contributed by atoms with E-state index in [1.807, 2.05) is 5.38 Å². The van der Waals surface area contributed by atoms with Crippen molar-refractivity contribution in [2.45, 2.75) is 37.8 Å². The quantitative estimate of drug-likeness (QED) is 0.811. The van der Waals surface area contributed by atoms with Crippen LogP contribution in [0.4, 0.5) is 0 Å². The Hall–Kier alpha value is -1.35. The molecule has 1 aliphatic carbocycles. The minimum absolute atomic E-state index is 0.0481. The van der Waals surface area contributed by atoms with E-state index in [4.69, 9.17) is 5.73 Å². The lowest BCUT2D eigenvalue weighted by atomic mass is 9.91. The summed E-state index contributed by atoms with van der Waals surface area (Å²) in [6, 6.07) is 1.72. The zero-order valence-electron chi connectivity index (χ0n) is 11.6. The van der Waals surface area contributed by atoms with Crippen LogP contribution in [0.5, 0.6) is 0 Å². The third-order valence-electron chi connectivity index (χ3n) is 3.67. The van der Waals surface area contributed by atoms with Crippen LogP contribution < -0.4 is 5.73 Å². The average Bonchev–Trinajstić information content (AvgIpc) is 2.93. The Labute approximate surface area is 123 Å². The topological polar surface area (TPSA) is 66.6 Å². The molecule has 1 aromatic rings. The summed E-state index contributed by atoms with van der Waals surface area (Å²) in [6.45, 7) is 0.315. The minimum atomic E-state index is -0.409. The van der Waals surface area contributed by atoms with Crippen LogP contribution in [0.15, 0.2) is 11.4 Å². The molecule has 0 spiro atoms. The molecule has 20 heavy (non-hydrogen) atoms. The molecular weight excluding hydrogens is 272 g/mol. The molecule has 0 saturated heterocycles. The van der Waals surface area contributed by atoms with Gasteiger partial charge in [0.1, 0.15) is 0 Å². The number of hydrogen-bond acceptors (Lipinski definition) is 4. The van der Waals surface area contributed by atoms with Crippen molar-refractivity contribution in [3.63, 3.8) is 0 Å². The summed E-state index contributed by atoms with van der Waals surface area (Å²) >= 11 is 1.44. The highest BCUT2D eigenvalue weighted by atomic mass is 32.1. The van der Waals surface area contributed by atoms with Crippen molar-refractivity contribution in [1.82, 2.24) is 4.90 Å². The van der Waals surface area contributed by atoms with Crippen LogP contribution in [0.2, 0.25) is 0 Å². The van der Waals surface area contributed by atoms with Crippen LogP contribution in [-0.4, -0.2) is 41.7 Å². The van der Waals surface area contributed by atoms with Crippen LogP contribution in [0, 0.1) is 11.8 Å². The Balaban J connectivity index is 2.08. The van der Waals surface area contributed by atoms with E-state index < -0.39 is 6.10 Å². The third-order valence-corrected chi connectivity index (χ3v) is 4.52. The zero-order valence-corrected chi connectivity index (χ0v) is 12.4. The van der Waals surface area contributed by atoms with Crippen molar-refractivity contribution < 1.29 is 9.90 Å². The Kier molecular flexibility index (Phi) is 5.18. The van der Waals surface area contributed by atoms with Gasteiger partial charge in [-0.05, 0) is 18.9 Å². The molecule has 0 aromatic carbocycles. The highest BCUT2D eigenvalue weighted by molar-refractivity contribution is 7.10. The molecule has 1 aliphatic rings. The lowest BCUT2D eigenvalue weighted by Crippen LogP contribution is -2.46. The molecular formula is C15H20N2O2S. The van der Waals surface area contributed by atoms with E-state index in [-0.39, 0.29) is 11.9 Å². The monoisotopic (exact) mass is 292 g/mol. The van der Waals surface area contributed by atoms with Crippen LogP contribution in [0.1, 0.15) is 40.9 Å². The van der Waals surface area contributed by atoms with Crippen molar-refractivity contribution in [3.05, 3.63) is 21.9 Å². The van der Waals surface area contributed by atoms with E-state index in [1.165, 1.54) is 11.3 Å². The first-order chi connectivity index (χ1) is 9.63.